The first-order valence-corrected chi connectivity index (χ1v) is 5.97. The molecular weight excluding hydrogens is 232 g/mol. The van der Waals surface area contributed by atoms with Crippen LogP contribution in [0.2, 0.25) is 0 Å². The molecule has 2 aromatic rings. The van der Waals surface area contributed by atoms with Crippen LogP contribution in [0.4, 0.5) is 0 Å². The second kappa shape index (κ2) is 3.58. The van der Waals surface area contributed by atoms with Gasteiger partial charge in [0.15, 0.2) is 0 Å². The summed E-state index contributed by atoms with van der Waals surface area (Å²) in [5.41, 5.74) is 0.437. The summed E-state index contributed by atoms with van der Waals surface area (Å²) in [5, 5.41) is 6.16. The summed E-state index contributed by atoms with van der Waals surface area (Å²) in [4.78, 5) is 15.8. The first-order chi connectivity index (χ1) is 8.47. The van der Waals surface area contributed by atoms with Crippen LogP contribution in [-0.2, 0) is 4.79 Å². The highest BCUT2D eigenvalue weighted by molar-refractivity contribution is 5.86. The second-order valence-electron chi connectivity index (χ2n) is 5.22. The highest BCUT2D eigenvalue weighted by atomic mass is 16.4. The highest BCUT2D eigenvalue weighted by Gasteiger charge is 2.36. The van der Waals surface area contributed by atoms with Gasteiger partial charge in [-0.15, -0.1) is 0 Å². The predicted molar refractivity (Wildman–Crippen MR) is 65.2 cm³/mol. The Labute approximate surface area is 104 Å². The summed E-state index contributed by atoms with van der Waals surface area (Å²) < 4.78 is 7.60. The molecule has 18 heavy (non-hydrogen) atoms. The molecule has 1 aliphatic rings. The van der Waals surface area contributed by atoms with E-state index in [0.717, 1.165) is 11.5 Å². The summed E-state index contributed by atoms with van der Waals surface area (Å²) in [6.45, 7) is 6.21. The number of oxazole rings is 1. The van der Waals surface area contributed by atoms with E-state index in [1.54, 1.807) is 6.20 Å². The van der Waals surface area contributed by atoms with Crippen molar-refractivity contribution in [3.8, 4) is 0 Å². The molecule has 2 aromatic heterocycles. The molecule has 1 amide bonds. The highest BCUT2D eigenvalue weighted by Crippen LogP contribution is 2.23. The fourth-order valence-electron chi connectivity index (χ4n) is 2.22. The number of fused-ring (bicyclic) bond motifs is 1. The average molecular weight is 248 g/mol. The number of hydrogen-bond acceptors (Lipinski definition) is 4. The van der Waals surface area contributed by atoms with Gasteiger partial charge in [0.2, 0.25) is 5.91 Å². The van der Waals surface area contributed by atoms with Crippen molar-refractivity contribution in [3.63, 3.8) is 0 Å². The SMILES string of the molecule is Cc1cnc2oc(C3CNC(=O)C(C)(C)N3)cn12. The molecule has 0 radical (unpaired) electrons. The zero-order valence-electron chi connectivity index (χ0n) is 10.7. The Kier molecular flexibility index (Phi) is 2.25. The van der Waals surface area contributed by atoms with Crippen molar-refractivity contribution in [2.24, 2.45) is 0 Å². The smallest absolute Gasteiger partial charge is 0.306 e. The predicted octanol–water partition coefficient (Wildman–Crippen LogP) is 0.775. The number of hydrogen-bond donors (Lipinski definition) is 2. The van der Waals surface area contributed by atoms with Gasteiger partial charge in [0.25, 0.3) is 0 Å². The summed E-state index contributed by atoms with van der Waals surface area (Å²) in [6, 6.07) is -0.0289. The van der Waals surface area contributed by atoms with E-state index in [4.69, 9.17) is 4.42 Å². The lowest BCUT2D eigenvalue weighted by Gasteiger charge is -2.35. The van der Waals surface area contributed by atoms with E-state index in [9.17, 15) is 4.79 Å². The van der Waals surface area contributed by atoms with Crippen molar-refractivity contribution in [2.45, 2.75) is 32.4 Å². The standard InChI is InChI=1S/C12H16N4O2/c1-7-4-14-11-16(7)6-9(18-11)8-5-13-10(17)12(2,3)15-8/h4,6,8,15H,5H2,1-3H3,(H,13,17). The van der Waals surface area contributed by atoms with Crippen molar-refractivity contribution in [1.82, 2.24) is 20.0 Å². The Morgan fingerprint density at radius 3 is 3.00 bits per heavy atom. The molecule has 0 spiro atoms. The Morgan fingerprint density at radius 2 is 2.33 bits per heavy atom. The van der Waals surface area contributed by atoms with E-state index in [1.807, 2.05) is 31.4 Å². The lowest BCUT2D eigenvalue weighted by Crippen LogP contribution is -2.60. The molecule has 2 N–H and O–H groups in total. The Balaban J connectivity index is 1.93. The van der Waals surface area contributed by atoms with Crippen LogP contribution in [0.15, 0.2) is 16.8 Å². The van der Waals surface area contributed by atoms with E-state index in [0.29, 0.717) is 12.4 Å². The Morgan fingerprint density at radius 1 is 1.56 bits per heavy atom. The van der Waals surface area contributed by atoms with Crippen molar-refractivity contribution in [3.05, 3.63) is 23.8 Å². The summed E-state index contributed by atoms with van der Waals surface area (Å²) in [7, 11) is 0. The van der Waals surface area contributed by atoms with Gasteiger partial charge >= 0.3 is 5.84 Å². The Bertz CT molecular complexity index is 611. The van der Waals surface area contributed by atoms with Gasteiger partial charge in [0, 0.05) is 12.2 Å². The molecule has 1 aliphatic heterocycles. The third-order valence-corrected chi connectivity index (χ3v) is 3.33. The maximum atomic E-state index is 11.6. The van der Waals surface area contributed by atoms with Gasteiger partial charge in [-0.3, -0.25) is 14.5 Å². The molecule has 0 bridgehead atoms. The van der Waals surface area contributed by atoms with Crippen LogP contribution >= 0.6 is 0 Å². The summed E-state index contributed by atoms with van der Waals surface area (Å²) in [6.07, 6.45) is 3.69. The van der Waals surface area contributed by atoms with Crippen molar-refractivity contribution >= 4 is 11.8 Å². The monoisotopic (exact) mass is 248 g/mol. The number of aromatic nitrogens is 2. The molecule has 96 valence electrons. The van der Waals surface area contributed by atoms with Gasteiger partial charge in [-0.05, 0) is 20.8 Å². The number of piperazine rings is 1. The molecule has 3 heterocycles. The van der Waals surface area contributed by atoms with Crippen molar-refractivity contribution in [2.75, 3.05) is 6.54 Å². The number of nitrogens with zero attached hydrogens (tertiary/aromatic N) is 2. The number of imidazole rings is 1. The molecule has 3 rings (SSSR count). The molecular formula is C12H16N4O2. The van der Waals surface area contributed by atoms with E-state index < -0.39 is 5.54 Å². The van der Waals surface area contributed by atoms with Crippen molar-refractivity contribution < 1.29 is 9.21 Å². The number of amides is 1. The fraction of sp³-hybridized carbons (Fsp3) is 0.500. The minimum atomic E-state index is -0.590. The number of rotatable bonds is 1. The van der Waals surface area contributed by atoms with Crippen molar-refractivity contribution in [1.29, 1.82) is 0 Å². The number of aryl methyl sites for hydroxylation is 1. The maximum Gasteiger partial charge on any atom is 0.306 e. The molecule has 1 unspecified atom stereocenters. The van der Waals surface area contributed by atoms with E-state index in [-0.39, 0.29) is 11.9 Å². The molecule has 1 saturated heterocycles. The first kappa shape index (κ1) is 11.3. The first-order valence-electron chi connectivity index (χ1n) is 5.97. The van der Waals surface area contributed by atoms with Crippen LogP contribution in [0.5, 0.6) is 0 Å². The van der Waals surface area contributed by atoms with Gasteiger partial charge in [-0.1, -0.05) is 0 Å². The van der Waals surface area contributed by atoms with Crippen LogP contribution in [0, 0.1) is 6.92 Å². The largest absolute Gasteiger partial charge is 0.426 e. The molecule has 1 atom stereocenters. The van der Waals surface area contributed by atoms with Crippen LogP contribution in [0.1, 0.15) is 31.3 Å². The topological polar surface area (TPSA) is 71.6 Å². The third-order valence-electron chi connectivity index (χ3n) is 3.33. The molecule has 6 heteroatoms. The van der Waals surface area contributed by atoms with Crippen LogP contribution < -0.4 is 10.6 Å². The normalized spacial score (nSPS) is 23.3. The zero-order chi connectivity index (χ0) is 12.9. The minimum Gasteiger partial charge on any atom is -0.426 e. The van der Waals surface area contributed by atoms with Crippen LogP contribution in [-0.4, -0.2) is 27.4 Å². The van der Waals surface area contributed by atoms with Gasteiger partial charge < -0.3 is 9.73 Å². The summed E-state index contributed by atoms with van der Waals surface area (Å²) in [5.74, 6) is 1.37. The molecule has 0 aromatic carbocycles. The third kappa shape index (κ3) is 1.60. The second-order valence-corrected chi connectivity index (χ2v) is 5.22. The van der Waals surface area contributed by atoms with Gasteiger partial charge in [-0.2, -0.15) is 0 Å². The van der Waals surface area contributed by atoms with Gasteiger partial charge in [0.1, 0.15) is 5.76 Å². The van der Waals surface area contributed by atoms with E-state index in [1.165, 1.54) is 0 Å². The Hall–Kier alpha value is -1.82. The minimum absolute atomic E-state index is 0.00580. The number of carbonyl (C=O) groups is 1. The fourth-order valence-corrected chi connectivity index (χ4v) is 2.22. The van der Waals surface area contributed by atoms with Crippen LogP contribution in [0.3, 0.4) is 0 Å². The van der Waals surface area contributed by atoms with Gasteiger partial charge in [-0.25, -0.2) is 4.98 Å². The molecule has 0 saturated carbocycles. The van der Waals surface area contributed by atoms with E-state index >= 15 is 0 Å². The zero-order valence-corrected chi connectivity index (χ0v) is 10.7. The quantitative estimate of drug-likeness (QED) is 0.782. The maximum absolute atomic E-state index is 11.6. The number of nitrogens with one attached hydrogen (secondary N) is 2. The van der Waals surface area contributed by atoms with Crippen LogP contribution in [0.25, 0.3) is 5.84 Å². The lowest BCUT2D eigenvalue weighted by molar-refractivity contribution is -0.128. The molecule has 6 nitrogen and oxygen atoms in total. The van der Waals surface area contributed by atoms with Gasteiger partial charge in [0.05, 0.1) is 24.0 Å². The molecule has 0 aliphatic carbocycles. The average Bonchev–Trinajstić information content (AvgIpc) is 2.85. The summed E-state index contributed by atoms with van der Waals surface area (Å²) >= 11 is 0. The number of carbonyl (C=O) groups excluding carboxylic acids is 1. The molecule has 1 fully saturated rings. The lowest BCUT2D eigenvalue weighted by atomic mass is 9.98. The van der Waals surface area contributed by atoms with E-state index in [2.05, 4.69) is 15.6 Å².